The highest BCUT2D eigenvalue weighted by atomic mass is 35.5. The number of aromatic amines is 1. The summed E-state index contributed by atoms with van der Waals surface area (Å²) in [6.45, 7) is 0.444. The summed E-state index contributed by atoms with van der Waals surface area (Å²) in [4.78, 5) is 19.3. The fourth-order valence-electron chi connectivity index (χ4n) is 1.99. The molecule has 0 aliphatic heterocycles. The molecule has 106 valence electrons. The van der Waals surface area contributed by atoms with Crippen molar-refractivity contribution in [1.29, 1.82) is 0 Å². The van der Waals surface area contributed by atoms with Gasteiger partial charge in [0.05, 0.1) is 5.56 Å². The Kier molecular flexibility index (Phi) is 4.03. The molecule has 2 N–H and O–H groups in total. The van der Waals surface area contributed by atoms with Crippen LogP contribution in [0.2, 0.25) is 4.34 Å². The number of thiophene rings is 1. The minimum Gasteiger partial charge on any atom is -0.348 e. The number of aromatic nitrogens is 2. The molecule has 21 heavy (non-hydrogen) atoms. The van der Waals surface area contributed by atoms with Crippen molar-refractivity contribution in [3.63, 3.8) is 0 Å². The standard InChI is InChI=1S/C15H12ClN3OS/c16-13-12(4-7-21-13)15(20)19-9-10-2-1-3-11(8-10)14-17-5-6-18-14/h1-8H,9H2,(H,17,18)(H,19,20). The molecule has 0 bridgehead atoms. The van der Waals surface area contributed by atoms with Gasteiger partial charge >= 0.3 is 0 Å². The Labute approximate surface area is 130 Å². The summed E-state index contributed by atoms with van der Waals surface area (Å²) in [5, 5.41) is 4.67. The first kappa shape index (κ1) is 13.9. The van der Waals surface area contributed by atoms with E-state index in [1.165, 1.54) is 11.3 Å². The van der Waals surface area contributed by atoms with Crippen molar-refractivity contribution in [2.24, 2.45) is 0 Å². The van der Waals surface area contributed by atoms with Crippen LogP contribution in [-0.4, -0.2) is 15.9 Å². The van der Waals surface area contributed by atoms with Crippen molar-refractivity contribution in [3.8, 4) is 11.4 Å². The third-order valence-corrected chi connectivity index (χ3v) is 4.18. The summed E-state index contributed by atoms with van der Waals surface area (Å²) in [5.74, 6) is 0.647. The summed E-state index contributed by atoms with van der Waals surface area (Å²) >= 11 is 7.30. The van der Waals surface area contributed by atoms with Crippen molar-refractivity contribution < 1.29 is 4.79 Å². The second kappa shape index (κ2) is 6.11. The van der Waals surface area contributed by atoms with Crippen molar-refractivity contribution in [2.75, 3.05) is 0 Å². The topological polar surface area (TPSA) is 57.8 Å². The number of halogens is 1. The molecule has 0 unspecified atom stereocenters. The third-order valence-electron chi connectivity index (χ3n) is 3.01. The number of hydrogen-bond acceptors (Lipinski definition) is 3. The number of hydrogen-bond donors (Lipinski definition) is 2. The maximum atomic E-state index is 12.0. The molecule has 2 aromatic heterocycles. The van der Waals surface area contributed by atoms with Gasteiger partial charge < -0.3 is 10.3 Å². The second-order valence-corrected chi connectivity index (χ2v) is 5.95. The van der Waals surface area contributed by atoms with Gasteiger partial charge in [0.1, 0.15) is 10.2 Å². The zero-order valence-corrected chi connectivity index (χ0v) is 12.5. The number of carbonyl (C=O) groups is 1. The molecular formula is C15H12ClN3OS. The van der Waals surface area contributed by atoms with Gasteiger partial charge in [0.15, 0.2) is 0 Å². The van der Waals surface area contributed by atoms with Gasteiger partial charge in [-0.1, -0.05) is 29.8 Å². The molecule has 0 aliphatic carbocycles. The van der Waals surface area contributed by atoms with E-state index in [0.717, 1.165) is 17.0 Å². The van der Waals surface area contributed by atoms with E-state index in [1.807, 2.05) is 24.3 Å². The van der Waals surface area contributed by atoms with Crippen LogP contribution in [0.1, 0.15) is 15.9 Å². The lowest BCUT2D eigenvalue weighted by Crippen LogP contribution is -2.22. The van der Waals surface area contributed by atoms with E-state index < -0.39 is 0 Å². The Balaban J connectivity index is 1.70. The zero-order chi connectivity index (χ0) is 14.7. The maximum Gasteiger partial charge on any atom is 0.253 e. The van der Waals surface area contributed by atoms with Gasteiger partial charge in [0.2, 0.25) is 0 Å². The summed E-state index contributed by atoms with van der Waals surface area (Å²) in [7, 11) is 0. The Morgan fingerprint density at radius 1 is 1.38 bits per heavy atom. The predicted molar refractivity (Wildman–Crippen MR) is 84.5 cm³/mol. The van der Waals surface area contributed by atoms with E-state index in [-0.39, 0.29) is 5.91 Å². The van der Waals surface area contributed by atoms with Gasteiger partial charge in [-0.2, -0.15) is 0 Å². The number of nitrogens with zero attached hydrogens (tertiary/aromatic N) is 1. The molecule has 2 heterocycles. The van der Waals surface area contributed by atoms with Crippen LogP contribution in [-0.2, 0) is 6.54 Å². The Bertz CT molecular complexity index is 752. The average molecular weight is 318 g/mol. The van der Waals surface area contributed by atoms with E-state index in [2.05, 4.69) is 15.3 Å². The van der Waals surface area contributed by atoms with E-state index in [1.54, 1.807) is 23.8 Å². The molecular weight excluding hydrogens is 306 g/mol. The summed E-state index contributed by atoms with van der Waals surface area (Å²) < 4.78 is 0.511. The molecule has 1 amide bonds. The van der Waals surface area contributed by atoms with Crippen LogP contribution < -0.4 is 5.32 Å². The number of nitrogens with one attached hydrogen (secondary N) is 2. The number of amides is 1. The lowest BCUT2D eigenvalue weighted by molar-refractivity contribution is 0.0951. The minimum absolute atomic E-state index is 0.162. The van der Waals surface area contributed by atoms with Crippen molar-refractivity contribution >= 4 is 28.8 Å². The molecule has 0 spiro atoms. The molecule has 3 aromatic rings. The smallest absolute Gasteiger partial charge is 0.253 e. The summed E-state index contributed by atoms with van der Waals surface area (Å²) in [6.07, 6.45) is 3.49. The van der Waals surface area contributed by atoms with E-state index >= 15 is 0 Å². The van der Waals surface area contributed by atoms with Crippen LogP contribution in [0.25, 0.3) is 11.4 Å². The fourth-order valence-corrected chi connectivity index (χ4v) is 2.90. The highest BCUT2D eigenvalue weighted by Gasteiger charge is 2.11. The fraction of sp³-hybridized carbons (Fsp3) is 0.0667. The van der Waals surface area contributed by atoms with Crippen molar-refractivity contribution in [2.45, 2.75) is 6.54 Å². The van der Waals surface area contributed by atoms with Crippen LogP contribution in [0.3, 0.4) is 0 Å². The molecule has 0 aliphatic rings. The zero-order valence-electron chi connectivity index (χ0n) is 11.0. The van der Waals surface area contributed by atoms with Gasteiger partial charge in [-0.15, -0.1) is 11.3 Å². The van der Waals surface area contributed by atoms with Gasteiger partial charge in [-0.25, -0.2) is 4.98 Å². The highest BCUT2D eigenvalue weighted by molar-refractivity contribution is 7.14. The van der Waals surface area contributed by atoms with Gasteiger partial charge in [-0.3, -0.25) is 4.79 Å². The largest absolute Gasteiger partial charge is 0.348 e. The van der Waals surface area contributed by atoms with Crippen LogP contribution in [0.4, 0.5) is 0 Å². The van der Waals surface area contributed by atoms with Crippen LogP contribution in [0.5, 0.6) is 0 Å². The average Bonchev–Trinajstić information content (AvgIpc) is 3.16. The molecule has 0 saturated carbocycles. The first-order valence-electron chi connectivity index (χ1n) is 6.34. The van der Waals surface area contributed by atoms with Gasteiger partial charge in [0, 0.05) is 24.5 Å². The van der Waals surface area contributed by atoms with Crippen LogP contribution >= 0.6 is 22.9 Å². The Morgan fingerprint density at radius 2 is 2.29 bits per heavy atom. The normalized spacial score (nSPS) is 10.5. The molecule has 3 rings (SSSR count). The lowest BCUT2D eigenvalue weighted by atomic mass is 10.1. The summed E-state index contributed by atoms with van der Waals surface area (Å²) in [6, 6.07) is 9.59. The minimum atomic E-state index is -0.162. The van der Waals surface area contributed by atoms with E-state index in [9.17, 15) is 4.79 Å². The molecule has 1 aromatic carbocycles. The van der Waals surface area contributed by atoms with Crippen LogP contribution in [0, 0.1) is 0 Å². The highest BCUT2D eigenvalue weighted by Crippen LogP contribution is 2.22. The number of rotatable bonds is 4. The van der Waals surface area contributed by atoms with Crippen LogP contribution in [0.15, 0.2) is 48.1 Å². The van der Waals surface area contributed by atoms with Crippen molar-refractivity contribution in [3.05, 3.63) is 63.6 Å². The monoisotopic (exact) mass is 317 g/mol. The third kappa shape index (κ3) is 3.15. The SMILES string of the molecule is O=C(NCc1cccc(-c2ncc[nH]2)c1)c1ccsc1Cl. The maximum absolute atomic E-state index is 12.0. The molecule has 0 saturated heterocycles. The van der Waals surface area contributed by atoms with E-state index in [0.29, 0.717) is 16.4 Å². The molecule has 0 atom stereocenters. The first-order valence-corrected chi connectivity index (χ1v) is 7.59. The Morgan fingerprint density at radius 3 is 3.00 bits per heavy atom. The molecule has 4 nitrogen and oxygen atoms in total. The number of benzene rings is 1. The number of carbonyl (C=O) groups excluding carboxylic acids is 1. The number of imidazole rings is 1. The lowest BCUT2D eigenvalue weighted by Gasteiger charge is -2.06. The van der Waals surface area contributed by atoms with Gasteiger partial charge in [0.25, 0.3) is 5.91 Å². The van der Waals surface area contributed by atoms with E-state index in [4.69, 9.17) is 11.6 Å². The first-order chi connectivity index (χ1) is 10.2. The predicted octanol–water partition coefficient (Wildman–Crippen LogP) is 3.72. The molecule has 0 fully saturated rings. The summed E-state index contributed by atoms with van der Waals surface area (Å²) in [5.41, 5.74) is 2.51. The molecule has 0 radical (unpaired) electrons. The second-order valence-electron chi connectivity index (χ2n) is 4.43. The Hall–Kier alpha value is -2.11. The quantitative estimate of drug-likeness (QED) is 0.770. The van der Waals surface area contributed by atoms with Crippen molar-refractivity contribution in [1.82, 2.24) is 15.3 Å². The number of H-pyrrole nitrogens is 1. The molecule has 6 heteroatoms. The van der Waals surface area contributed by atoms with Gasteiger partial charge in [-0.05, 0) is 23.1 Å².